The fourth-order valence-corrected chi connectivity index (χ4v) is 3.22. The number of hydrogen-bond donors (Lipinski definition) is 0. The van der Waals surface area contributed by atoms with Crippen molar-refractivity contribution in [1.82, 2.24) is 24.5 Å². The minimum atomic E-state index is 0.308. The van der Waals surface area contributed by atoms with Gasteiger partial charge >= 0.3 is 0 Å². The fourth-order valence-electron chi connectivity index (χ4n) is 3.22. The van der Waals surface area contributed by atoms with E-state index in [-0.39, 0.29) is 0 Å². The van der Waals surface area contributed by atoms with Gasteiger partial charge in [0.05, 0.1) is 0 Å². The molecule has 1 saturated heterocycles. The minimum absolute atomic E-state index is 0.308. The van der Waals surface area contributed by atoms with E-state index >= 15 is 0 Å². The first-order chi connectivity index (χ1) is 11.3. The second-order valence-corrected chi connectivity index (χ2v) is 6.44. The Morgan fingerprint density at radius 1 is 1.26 bits per heavy atom. The van der Waals surface area contributed by atoms with Crippen LogP contribution < -0.4 is 4.90 Å². The number of piperazine rings is 1. The largest absolute Gasteiger partial charge is 0.353 e. The third-order valence-electron chi connectivity index (χ3n) is 4.70. The van der Waals surface area contributed by atoms with Gasteiger partial charge in [-0.3, -0.25) is 9.20 Å². The molecule has 2 aromatic heterocycles. The number of carbonyl (C=O) groups is 1. The molecule has 0 spiro atoms. The van der Waals surface area contributed by atoms with Crippen LogP contribution in [0.25, 0.3) is 5.78 Å². The zero-order chi connectivity index (χ0) is 15.8. The summed E-state index contributed by atoms with van der Waals surface area (Å²) in [5, 5.41) is 8.07. The molecule has 2 aromatic rings. The van der Waals surface area contributed by atoms with Crippen molar-refractivity contribution < 1.29 is 4.79 Å². The van der Waals surface area contributed by atoms with Crippen LogP contribution in [-0.4, -0.2) is 56.6 Å². The second-order valence-electron chi connectivity index (χ2n) is 6.44. The normalized spacial score (nSPS) is 18.7. The summed E-state index contributed by atoms with van der Waals surface area (Å²) in [4.78, 5) is 21.0. The summed E-state index contributed by atoms with van der Waals surface area (Å²) in [6.07, 6.45) is 5.92. The molecule has 0 aromatic carbocycles. The molecular formula is C16H22N6O. The Morgan fingerprint density at radius 2 is 2.04 bits per heavy atom. The molecule has 1 aliphatic heterocycles. The third-order valence-corrected chi connectivity index (χ3v) is 4.70. The zero-order valence-electron chi connectivity index (χ0n) is 13.5. The molecular weight excluding hydrogens is 292 g/mol. The Hall–Kier alpha value is -2.18. The van der Waals surface area contributed by atoms with Crippen molar-refractivity contribution in [2.75, 3.05) is 31.1 Å². The molecule has 2 fully saturated rings. The maximum absolute atomic E-state index is 12.2. The van der Waals surface area contributed by atoms with Crippen LogP contribution in [0.15, 0.2) is 12.4 Å². The number of nitrogens with zero attached hydrogens (tertiary/aromatic N) is 6. The van der Waals surface area contributed by atoms with Crippen LogP contribution in [0.1, 0.15) is 31.9 Å². The number of aromatic nitrogens is 4. The number of anilines is 1. The van der Waals surface area contributed by atoms with Gasteiger partial charge < -0.3 is 9.80 Å². The van der Waals surface area contributed by atoms with Crippen LogP contribution in [0.5, 0.6) is 0 Å². The number of hydrogen-bond acceptors (Lipinski definition) is 5. The molecule has 23 heavy (non-hydrogen) atoms. The highest BCUT2D eigenvalue weighted by Crippen LogP contribution is 2.31. The van der Waals surface area contributed by atoms with Crippen LogP contribution >= 0.6 is 0 Å². The molecule has 0 radical (unpaired) electrons. The van der Waals surface area contributed by atoms with Crippen LogP contribution in [-0.2, 0) is 11.2 Å². The molecule has 1 saturated carbocycles. The van der Waals surface area contributed by atoms with Crippen molar-refractivity contribution in [3.05, 3.63) is 18.1 Å². The van der Waals surface area contributed by atoms with Gasteiger partial charge in [0, 0.05) is 43.9 Å². The minimum Gasteiger partial charge on any atom is -0.353 e. The van der Waals surface area contributed by atoms with Gasteiger partial charge in [0.15, 0.2) is 0 Å². The van der Waals surface area contributed by atoms with Crippen molar-refractivity contribution in [3.8, 4) is 0 Å². The molecule has 4 rings (SSSR count). The highest BCUT2D eigenvalue weighted by molar-refractivity contribution is 5.81. The first-order valence-corrected chi connectivity index (χ1v) is 8.49. The van der Waals surface area contributed by atoms with E-state index in [0.29, 0.717) is 17.6 Å². The number of fused-ring (bicyclic) bond motifs is 1. The van der Waals surface area contributed by atoms with Crippen LogP contribution in [0, 0.1) is 5.92 Å². The van der Waals surface area contributed by atoms with E-state index in [1.807, 2.05) is 9.30 Å². The lowest BCUT2D eigenvalue weighted by molar-refractivity contribution is -0.132. The maximum atomic E-state index is 12.2. The summed E-state index contributed by atoms with van der Waals surface area (Å²) in [5.74, 6) is 2.26. The van der Waals surface area contributed by atoms with Gasteiger partial charge in [-0.15, -0.1) is 10.2 Å². The maximum Gasteiger partial charge on any atom is 0.256 e. The molecule has 0 N–H and O–H groups in total. The topological polar surface area (TPSA) is 66.6 Å². The van der Waals surface area contributed by atoms with Gasteiger partial charge in [-0.05, 0) is 19.3 Å². The highest BCUT2D eigenvalue weighted by atomic mass is 16.2. The van der Waals surface area contributed by atoms with Crippen molar-refractivity contribution in [2.45, 2.75) is 32.6 Å². The van der Waals surface area contributed by atoms with Gasteiger partial charge in [0.1, 0.15) is 12.1 Å². The monoisotopic (exact) mass is 314 g/mol. The average Bonchev–Trinajstić information content (AvgIpc) is 3.32. The van der Waals surface area contributed by atoms with E-state index in [0.717, 1.165) is 57.7 Å². The molecule has 2 aliphatic rings. The molecule has 3 heterocycles. The molecule has 122 valence electrons. The SMILES string of the molecule is CCCc1cc(N2CCN(C(=O)C3CC3)CC2)nc2nncn12. The van der Waals surface area contributed by atoms with E-state index in [1.54, 1.807) is 6.33 Å². The quantitative estimate of drug-likeness (QED) is 0.846. The highest BCUT2D eigenvalue weighted by Gasteiger charge is 2.34. The Bertz CT molecular complexity index is 714. The summed E-state index contributed by atoms with van der Waals surface area (Å²) in [6.45, 7) is 5.41. The zero-order valence-corrected chi connectivity index (χ0v) is 13.5. The Balaban J connectivity index is 1.52. The summed E-state index contributed by atoms with van der Waals surface area (Å²) in [7, 11) is 0. The van der Waals surface area contributed by atoms with Crippen LogP contribution in [0.3, 0.4) is 0 Å². The molecule has 1 amide bonds. The molecule has 0 bridgehead atoms. The number of carbonyl (C=O) groups excluding carboxylic acids is 1. The average molecular weight is 314 g/mol. The molecule has 7 heteroatoms. The lowest BCUT2D eigenvalue weighted by Gasteiger charge is -2.35. The number of aryl methyl sites for hydroxylation is 1. The van der Waals surface area contributed by atoms with Gasteiger partial charge in [0.25, 0.3) is 5.78 Å². The van der Waals surface area contributed by atoms with Gasteiger partial charge in [-0.1, -0.05) is 13.3 Å². The van der Waals surface area contributed by atoms with Crippen molar-refractivity contribution in [1.29, 1.82) is 0 Å². The fraction of sp³-hybridized carbons (Fsp3) is 0.625. The molecule has 7 nitrogen and oxygen atoms in total. The standard InChI is InChI=1S/C16H22N6O/c1-2-3-13-10-14(18-16-19-17-11-22(13)16)20-6-8-21(9-7-20)15(23)12-4-5-12/h10-12H,2-9H2,1H3. The predicted molar refractivity (Wildman–Crippen MR) is 86.3 cm³/mol. The van der Waals surface area contributed by atoms with E-state index in [1.165, 1.54) is 5.69 Å². The summed E-state index contributed by atoms with van der Waals surface area (Å²) >= 11 is 0. The lowest BCUT2D eigenvalue weighted by Crippen LogP contribution is -2.49. The van der Waals surface area contributed by atoms with E-state index in [2.05, 4.69) is 33.1 Å². The van der Waals surface area contributed by atoms with Crippen molar-refractivity contribution in [3.63, 3.8) is 0 Å². The van der Waals surface area contributed by atoms with E-state index in [4.69, 9.17) is 0 Å². The van der Waals surface area contributed by atoms with Crippen molar-refractivity contribution >= 4 is 17.5 Å². The van der Waals surface area contributed by atoms with Crippen LogP contribution in [0.4, 0.5) is 5.82 Å². The molecule has 1 aliphatic carbocycles. The van der Waals surface area contributed by atoms with E-state index < -0.39 is 0 Å². The third kappa shape index (κ3) is 2.75. The number of rotatable bonds is 4. The Morgan fingerprint density at radius 3 is 2.74 bits per heavy atom. The van der Waals surface area contributed by atoms with Gasteiger partial charge in [-0.25, -0.2) is 0 Å². The second kappa shape index (κ2) is 5.79. The van der Waals surface area contributed by atoms with Gasteiger partial charge in [-0.2, -0.15) is 4.98 Å². The first kappa shape index (κ1) is 14.4. The summed E-state index contributed by atoms with van der Waals surface area (Å²) in [6, 6.07) is 2.14. The first-order valence-electron chi connectivity index (χ1n) is 8.49. The Labute approximate surface area is 135 Å². The number of amides is 1. The predicted octanol–water partition coefficient (Wildman–Crippen LogP) is 1.14. The summed E-state index contributed by atoms with van der Waals surface area (Å²) < 4.78 is 1.96. The molecule has 0 atom stereocenters. The van der Waals surface area contributed by atoms with Gasteiger partial charge in [0.2, 0.25) is 5.91 Å². The van der Waals surface area contributed by atoms with Crippen molar-refractivity contribution in [2.24, 2.45) is 5.92 Å². The van der Waals surface area contributed by atoms with Crippen LogP contribution in [0.2, 0.25) is 0 Å². The Kier molecular flexibility index (Phi) is 3.63. The van der Waals surface area contributed by atoms with E-state index in [9.17, 15) is 4.79 Å². The smallest absolute Gasteiger partial charge is 0.256 e. The summed E-state index contributed by atoms with van der Waals surface area (Å²) in [5.41, 5.74) is 1.19. The lowest BCUT2D eigenvalue weighted by atomic mass is 10.2. The molecule has 0 unspecified atom stereocenters.